The maximum absolute atomic E-state index is 5.88. The summed E-state index contributed by atoms with van der Waals surface area (Å²) in [5.41, 5.74) is 11.1. The Morgan fingerprint density at radius 2 is 1.42 bits per heavy atom. The van der Waals surface area contributed by atoms with Crippen molar-refractivity contribution < 1.29 is 0 Å². The summed E-state index contributed by atoms with van der Waals surface area (Å²) in [4.78, 5) is 0. The molecule has 1 aliphatic rings. The molecule has 98 valence electrons. The van der Waals surface area contributed by atoms with Crippen LogP contribution < -0.4 is 5.73 Å². The summed E-state index contributed by atoms with van der Waals surface area (Å²) in [6.45, 7) is 2.02. The van der Waals surface area contributed by atoms with E-state index in [9.17, 15) is 0 Å². The largest absolute Gasteiger partial charge is 0.324 e. The van der Waals surface area contributed by atoms with Crippen LogP contribution >= 0.6 is 0 Å². The fourth-order valence-corrected chi connectivity index (χ4v) is 2.67. The maximum Gasteiger partial charge on any atom is 0.0266 e. The van der Waals surface area contributed by atoms with Crippen molar-refractivity contribution in [1.29, 1.82) is 0 Å². The highest BCUT2D eigenvalue weighted by Crippen LogP contribution is 2.36. The minimum absolute atomic E-state index is 0.107. The topological polar surface area (TPSA) is 26.0 Å². The molecule has 0 saturated heterocycles. The summed E-state index contributed by atoms with van der Waals surface area (Å²) in [5, 5.41) is 0. The third-order valence-corrected chi connectivity index (χ3v) is 4.26. The van der Waals surface area contributed by atoms with Gasteiger partial charge >= 0.3 is 0 Å². The van der Waals surface area contributed by atoms with Gasteiger partial charge in [0.15, 0.2) is 0 Å². The molecule has 0 bridgehead atoms. The van der Waals surface area contributed by atoms with E-state index in [2.05, 4.69) is 48.5 Å². The maximum atomic E-state index is 5.88. The smallest absolute Gasteiger partial charge is 0.0266 e. The van der Waals surface area contributed by atoms with E-state index in [4.69, 9.17) is 5.73 Å². The van der Waals surface area contributed by atoms with Crippen molar-refractivity contribution in [3.63, 3.8) is 0 Å². The van der Waals surface area contributed by atoms with E-state index in [1.54, 1.807) is 0 Å². The van der Waals surface area contributed by atoms with E-state index >= 15 is 0 Å². The normalized spacial score (nSPS) is 16.9. The first-order valence-electron chi connectivity index (χ1n) is 7.20. The van der Waals surface area contributed by atoms with Gasteiger partial charge < -0.3 is 5.73 Å². The lowest BCUT2D eigenvalue weighted by atomic mass is 9.80. The zero-order chi connectivity index (χ0) is 13.2. The fraction of sp³-hybridized carbons (Fsp3) is 0.333. The molecule has 0 radical (unpaired) electrons. The van der Waals surface area contributed by atoms with Gasteiger partial charge in [-0.15, -0.1) is 0 Å². The predicted octanol–water partition coefficient (Wildman–Crippen LogP) is 4.64. The third kappa shape index (κ3) is 2.57. The molecule has 1 fully saturated rings. The molecule has 3 rings (SSSR count). The number of benzene rings is 2. The Hall–Kier alpha value is -1.60. The van der Waals surface area contributed by atoms with E-state index in [0.717, 1.165) is 5.92 Å². The van der Waals surface area contributed by atoms with E-state index < -0.39 is 0 Å². The molecule has 0 aromatic heterocycles. The fourth-order valence-electron chi connectivity index (χ4n) is 2.67. The highest BCUT2D eigenvalue weighted by Gasteiger charge is 2.18. The van der Waals surface area contributed by atoms with E-state index in [0.29, 0.717) is 0 Å². The lowest BCUT2D eigenvalue weighted by Gasteiger charge is -2.25. The Labute approximate surface area is 115 Å². The molecule has 1 saturated carbocycles. The van der Waals surface area contributed by atoms with Crippen LogP contribution in [0.2, 0.25) is 0 Å². The summed E-state index contributed by atoms with van der Waals surface area (Å²) >= 11 is 0. The SMILES string of the molecule is CC(N)c1ccc(-c2ccc(C3CCC3)cc2)cc1. The average Bonchev–Trinajstić information content (AvgIpc) is 2.38. The summed E-state index contributed by atoms with van der Waals surface area (Å²) in [7, 11) is 0. The summed E-state index contributed by atoms with van der Waals surface area (Å²) < 4.78 is 0. The van der Waals surface area contributed by atoms with Gasteiger partial charge in [-0.25, -0.2) is 0 Å². The minimum atomic E-state index is 0.107. The van der Waals surface area contributed by atoms with Gasteiger partial charge in [-0.2, -0.15) is 0 Å². The molecular formula is C18H21N. The van der Waals surface area contributed by atoms with Crippen LogP contribution in [-0.4, -0.2) is 0 Å². The first kappa shape index (κ1) is 12.4. The van der Waals surface area contributed by atoms with Gasteiger partial charge in [-0.1, -0.05) is 55.0 Å². The molecule has 1 unspecified atom stereocenters. The average molecular weight is 251 g/mol. The summed E-state index contributed by atoms with van der Waals surface area (Å²) in [5.74, 6) is 0.814. The standard InChI is InChI=1S/C18H21N/c1-13(19)14-5-7-17(8-6-14)18-11-9-16(10-12-18)15-3-2-4-15/h5-13,15H,2-4,19H2,1H3. The second-order valence-electron chi connectivity index (χ2n) is 5.66. The molecule has 2 aromatic carbocycles. The molecule has 0 heterocycles. The number of hydrogen-bond donors (Lipinski definition) is 1. The van der Waals surface area contributed by atoms with Crippen LogP contribution in [0, 0.1) is 0 Å². The molecule has 0 amide bonds. The number of rotatable bonds is 3. The molecule has 1 heteroatoms. The second kappa shape index (κ2) is 5.18. The molecule has 0 aliphatic heterocycles. The molecular weight excluding hydrogens is 230 g/mol. The zero-order valence-corrected chi connectivity index (χ0v) is 11.5. The van der Waals surface area contributed by atoms with Crippen LogP contribution in [0.3, 0.4) is 0 Å². The van der Waals surface area contributed by atoms with Crippen molar-refractivity contribution in [2.75, 3.05) is 0 Å². The van der Waals surface area contributed by atoms with Crippen molar-refractivity contribution in [3.8, 4) is 11.1 Å². The van der Waals surface area contributed by atoms with Crippen molar-refractivity contribution in [1.82, 2.24) is 0 Å². The third-order valence-electron chi connectivity index (χ3n) is 4.26. The van der Waals surface area contributed by atoms with Crippen molar-refractivity contribution in [2.24, 2.45) is 5.73 Å². The number of hydrogen-bond acceptors (Lipinski definition) is 1. The van der Waals surface area contributed by atoms with Gasteiger partial charge in [0.2, 0.25) is 0 Å². The van der Waals surface area contributed by atoms with Crippen molar-refractivity contribution >= 4 is 0 Å². The van der Waals surface area contributed by atoms with Gasteiger partial charge in [0.05, 0.1) is 0 Å². The predicted molar refractivity (Wildman–Crippen MR) is 81.1 cm³/mol. The monoisotopic (exact) mass is 251 g/mol. The lowest BCUT2D eigenvalue weighted by molar-refractivity contribution is 0.420. The van der Waals surface area contributed by atoms with Gasteiger partial charge in [0, 0.05) is 6.04 Å². The second-order valence-corrected chi connectivity index (χ2v) is 5.66. The van der Waals surface area contributed by atoms with Crippen molar-refractivity contribution in [3.05, 3.63) is 59.7 Å². The Morgan fingerprint density at radius 3 is 1.84 bits per heavy atom. The van der Waals surface area contributed by atoms with E-state index in [1.165, 1.54) is 41.5 Å². The minimum Gasteiger partial charge on any atom is -0.324 e. The highest BCUT2D eigenvalue weighted by atomic mass is 14.6. The van der Waals surface area contributed by atoms with Crippen LogP contribution in [0.5, 0.6) is 0 Å². The molecule has 1 nitrogen and oxygen atoms in total. The molecule has 19 heavy (non-hydrogen) atoms. The van der Waals surface area contributed by atoms with Crippen LogP contribution in [0.1, 0.15) is 49.3 Å². The molecule has 2 aromatic rings. The Balaban J connectivity index is 1.81. The number of nitrogens with two attached hydrogens (primary N) is 1. The van der Waals surface area contributed by atoms with Gasteiger partial charge in [0.25, 0.3) is 0 Å². The Bertz CT molecular complexity index is 533. The van der Waals surface area contributed by atoms with Crippen LogP contribution in [0.4, 0.5) is 0 Å². The quantitative estimate of drug-likeness (QED) is 0.845. The lowest BCUT2D eigenvalue weighted by Crippen LogP contribution is -2.08. The molecule has 0 spiro atoms. The molecule has 2 N–H and O–H groups in total. The zero-order valence-electron chi connectivity index (χ0n) is 11.5. The molecule has 1 aliphatic carbocycles. The summed E-state index contributed by atoms with van der Waals surface area (Å²) in [6.07, 6.45) is 4.12. The van der Waals surface area contributed by atoms with Gasteiger partial charge in [-0.05, 0) is 47.9 Å². The first-order chi connectivity index (χ1) is 9.24. The van der Waals surface area contributed by atoms with Crippen LogP contribution in [0.15, 0.2) is 48.5 Å². The van der Waals surface area contributed by atoms with Crippen LogP contribution in [-0.2, 0) is 0 Å². The van der Waals surface area contributed by atoms with Gasteiger partial charge in [0.1, 0.15) is 0 Å². The molecule has 1 atom stereocenters. The first-order valence-corrected chi connectivity index (χ1v) is 7.20. The Kier molecular flexibility index (Phi) is 3.39. The van der Waals surface area contributed by atoms with E-state index in [1.807, 2.05) is 6.92 Å². The summed E-state index contributed by atoms with van der Waals surface area (Å²) in [6, 6.07) is 17.8. The van der Waals surface area contributed by atoms with Crippen molar-refractivity contribution in [2.45, 2.75) is 38.1 Å². The Morgan fingerprint density at radius 1 is 0.895 bits per heavy atom. The van der Waals surface area contributed by atoms with Crippen LogP contribution in [0.25, 0.3) is 11.1 Å². The van der Waals surface area contributed by atoms with E-state index in [-0.39, 0.29) is 6.04 Å². The van der Waals surface area contributed by atoms with Gasteiger partial charge in [-0.3, -0.25) is 0 Å². The highest BCUT2D eigenvalue weighted by molar-refractivity contribution is 5.64.